The molecule has 0 unspecified atom stereocenters. The van der Waals surface area contributed by atoms with E-state index in [4.69, 9.17) is 17.0 Å². The second kappa shape index (κ2) is 8.29. The zero-order valence-corrected chi connectivity index (χ0v) is 17.2. The van der Waals surface area contributed by atoms with Crippen LogP contribution >= 0.6 is 12.2 Å². The second-order valence-corrected chi connectivity index (χ2v) is 6.94. The van der Waals surface area contributed by atoms with Crippen molar-refractivity contribution in [3.63, 3.8) is 0 Å². The molecule has 1 saturated heterocycles. The van der Waals surface area contributed by atoms with Gasteiger partial charge in [0.15, 0.2) is 5.11 Å². The van der Waals surface area contributed by atoms with Gasteiger partial charge in [-0.25, -0.2) is 0 Å². The highest BCUT2D eigenvalue weighted by Gasteiger charge is 2.35. The van der Waals surface area contributed by atoms with Gasteiger partial charge in [0.2, 0.25) is 0 Å². The lowest BCUT2D eigenvalue weighted by molar-refractivity contribution is -0.384. The van der Waals surface area contributed by atoms with Crippen molar-refractivity contribution in [2.24, 2.45) is 0 Å². The topological polar surface area (TPSA) is 105 Å². The van der Waals surface area contributed by atoms with Crippen molar-refractivity contribution >= 4 is 52.3 Å². The van der Waals surface area contributed by atoms with Crippen molar-refractivity contribution < 1.29 is 19.2 Å². The van der Waals surface area contributed by atoms with E-state index in [1.165, 1.54) is 30.2 Å². The molecule has 0 radical (unpaired) electrons. The number of nitrogens with zero attached hydrogens (tertiary/aromatic N) is 3. The van der Waals surface area contributed by atoms with E-state index in [9.17, 15) is 19.7 Å². The van der Waals surface area contributed by atoms with Crippen LogP contribution in [0, 0.1) is 10.1 Å². The number of nitro groups is 1. The van der Waals surface area contributed by atoms with Gasteiger partial charge < -0.3 is 9.64 Å². The highest BCUT2D eigenvalue weighted by atomic mass is 32.1. The van der Waals surface area contributed by atoms with Gasteiger partial charge in [-0.1, -0.05) is 6.07 Å². The Morgan fingerprint density at radius 2 is 1.93 bits per heavy atom. The quantitative estimate of drug-likeness (QED) is 0.257. The molecule has 0 atom stereocenters. The number of non-ortho nitro benzene ring substituents is 1. The van der Waals surface area contributed by atoms with Gasteiger partial charge in [-0.15, -0.1) is 0 Å². The molecule has 2 amide bonds. The van der Waals surface area contributed by atoms with Crippen molar-refractivity contribution in [3.8, 4) is 5.75 Å². The highest BCUT2D eigenvalue weighted by molar-refractivity contribution is 7.80. The van der Waals surface area contributed by atoms with Crippen LogP contribution in [-0.2, 0) is 9.59 Å². The lowest BCUT2D eigenvalue weighted by Gasteiger charge is -2.29. The normalized spacial score (nSPS) is 15.2. The third-order valence-electron chi connectivity index (χ3n) is 4.42. The van der Waals surface area contributed by atoms with Crippen molar-refractivity contribution in [1.29, 1.82) is 0 Å². The van der Waals surface area contributed by atoms with Gasteiger partial charge in [0.25, 0.3) is 17.5 Å². The molecular weight excluding hydrogens is 408 g/mol. The van der Waals surface area contributed by atoms with Gasteiger partial charge in [0, 0.05) is 43.5 Å². The summed E-state index contributed by atoms with van der Waals surface area (Å²) in [6, 6.07) is 10.9. The summed E-state index contributed by atoms with van der Waals surface area (Å²) >= 11 is 5.19. The van der Waals surface area contributed by atoms with Gasteiger partial charge in [0.1, 0.15) is 11.3 Å². The molecule has 9 nitrogen and oxygen atoms in total. The number of methoxy groups -OCH3 is 1. The minimum atomic E-state index is -0.680. The Kier molecular flexibility index (Phi) is 5.79. The van der Waals surface area contributed by atoms with Crippen molar-refractivity contribution in [1.82, 2.24) is 5.32 Å². The molecule has 1 aliphatic heterocycles. The lowest BCUT2D eigenvalue weighted by Crippen LogP contribution is -2.54. The van der Waals surface area contributed by atoms with E-state index in [1.54, 1.807) is 49.3 Å². The Hall–Kier alpha value is -3.79. The molecule has 0 saturated carbocycles. The lowest BCUT2D eigenvalue weighted by atomic mass is 10.0. The Bertz CT molecular complexity index is 1100. The maximum Gasteiger partial charge on any atom is 0.270 e. The summed E-state index contributed by atoms with van der Waals surface area (Å²) in [5, 5.41) is 13.6. The molecule has 10 heteroatoms. The molecule has 2 aromatic carbocycles. The van der Waals surface area contributed by atoms with Gasteiger partial charge >= 0.3 is 0 Å². The number of anilines is 2. The van der Waals surface area contributed by atoms with Crippen molar-refractivity contribution in [2.45, 2.75) is 0 Å². The Morgan fingerprint density at radius 3 is 2.57 bits per heavy atom. The summed E-state index contributed by atoms with van der Waals surface area (Å²) in [5.74, 6) is -0.812. The molecule has 1 aliphatic rings. The van der Waals surface area contributed by atoms with Crippen LogP contribution in [0.25, 0.3) is 6.08 Å². The largest absolute Gasteiger partial charge is 0.497 e. The monoisotopic (exact) mass is 426 g/mol. The smallest absolute Gasteiger partial charge is 0.270 e. The SMILES string of the molecule is COc1cccc(N2C(=O)/C(=C\c3cc([N+](=O)[O-])ccc3N(C)C)C(=O)NC2=S)c1. The number of rotatable bonds is 5. The third-order valence-corrected chi connectivity index (χ3v) is 4.70. The first kappa shape index (κ1) is 20.9. The fraction of sp³-hybridized carbons (Fsp3) is 0.150. The first-order valence-corrected chi connectivity index (χ1v) is 9.15. The molecule has 154 valence electrons. The Labute approximate surface area is 177 Å². The number of ether oxygens (including phenoxy) is 1. The van der Waals surface area contributed by atoms with E-state index in [1.807, 2.05) is 0 Å². The van der Waals surface area contributed by atoms with E-state index in [0.29, 0.717) is 22.7 Å². The number of carbonyl (C=O) groups is 2. The summed E-state index contributed by atoms with van der Waals surface area (Å²) in [4.78, 5) is 39.3. The van der Waals surface area contributed by atoms with Crippen LogP contribution in [0.15, 0.2) is 48.0 Å². The van der Waals surface area contributed by atoms with E-state index in [-0.39, 0.29) is 16.4 Å². The molecule has 1 N–H and O–H groups in total. The second-order valence-electron chi connectivity index (χ2n) is 6.55. The zero-order valence-electron chi connectivity index (χ0n) is 16.4. The van der Waals surface area contributed by atoms with Crippen LogP contribution in [0.1, 0.15) is 5.56 Å². The predicted molar refractivity (Wildman–Crippen MR) is 117 cm³/mol. The van der Waals surface area contributed by atoms with Gasteiger partial charge in [0.05, 0.1) is 17.7 Å². The molecule has 0 aliphatic carbocycles. The molecule has 0 bridgehead atoms. The average molecular weight is 426 g/mol. The van der Waals surface area contributed by atoms with Crippen molar-refractivity contribution in [2.75, 3.05) is 31.0 Å². The van der Waals surface area contributed by atoms with Crippen LogP contribution in [0.5, 0.6) is 5.75 Å². The molecule has 2 aromatic rings. The van der Waals surface area contributed by atoms with Crippen molar-refractivity contribution in [3.05, 3.63) is 63.7 Å². The summed E-state index contributed by atoms with van der Waals surface area (Å²) in [6.45, 7) is 0. The summed E-state index contributed by atoms with van der Waals surface area (Å²) in [5.41, 5.74) is 1.02. The molecule has 0 aromatic heterocycles. The minimum Gasteiger partial charge on any atom is -0.497 e. The first-order valence-electron chi connectivity index (χ1n) is 8.74. The maximum absolute atomic E-state index is 13.2. The van der Waals surface area contributed by atoms with Crippen LogP contribution in [0.2, 0.25) is 0 Å². The van der Waals surface area contributed by atoms with E-state index in [2.05, 4.69) is 5.32 Å². The number of nitrogens with one attached hydrogen (secondary N) is 1. The predicted octanol–water partition coefficient (Wildman–Crippen LogP) is 2.50. The summed E-state index contributed by atoms with van der Waals surface area (Å²) < 4.78 is 5.18. The number of amides is 2. The minimum absolute atomic E-state index is 0.0673. The van der Waals surface area contributed by atoms with Crippen LogP contribution < -0.4 is 19.9 Å². The van der Waals surface area contributed by atoms with Crippen LogP contribution in [0.4, 0.5) is 17.1 Å². The number of hydrogen-bond acceptors (Lipinski definition) is 7. The number of carbonyl (C=O) groups excluding carboxylic acids is 2. The van der Waals surface area contributed by atoms with E-state index < -0.39 is 16.7 Å². The van der Waals surface area contributed by atoms with Crippen LogP contribution in [-0.4, -0.2) is 43.1 Å². The zero-order chi connectivity index (χ0) is 22.0. The molecule has 0 spiro atoms. The average Bonchev–Trinajstić information content (AvgIpc) is 2.70. The van der Waals surface area contributed by atoms with E-state index in [0.717, 1.165) is 0 Å². The van der Waals surface area contributed by atoms with Gasteiger partial charge in [-0.05, 0) is 36.5 Å². The third kappa shape index (κ3) is 3.98. The molecular formula is C20H18N4O5S. The molecule has 3 rings (SSSR count). The van der Waals surface area contributed by atoms with E-state index >= 15 is 0 Å². The fourth-order valence-electron chi connectivity index (χ4n) is 2.98. The van der Waals surface area contributed by atoms with Gasteiger partial charge in [-0.2, -0.15) is 0 Å². The van der Waals surface area contributed by atoms with Crippen LogP contribution in [0.3, 0.4) is 0 Å². The number of thiocarbonyl (C=S) groups is 1. The number of hydrogen-bond donors (Lipinski definition) is 1. The highest BCUT2D eigenvalue weighted by Crippen LogP contribution is 2.29. The molecule has 1 heterocycles. The molecule has 1 fully saturated rings. The Morgan fingerprint density at radius 1 is 1.20 bits per heavy atom. The van der Waals surface area contributed by atoms with Gasteiger partial charge in [-0.3, -0.25) is 29.9 Å². The first-order chi connectivity index (χ1) is 14.2. The number of benzene rings is 2. The summed E-state index contributed by atoms with van der Waals surface area (Å²) in [7, 11) is 5.00. The standard InChI is InChI=1S/C20H18N4O5S/c1-22(2)17-8-7-14(24(27)28)9-12(17)10-16-18(25)21-20(30)23(19(16)26)13-5-4-6-15(11-13)29-3/h4-11H,1-3H3,(H,21,25,30)/b16-10-. The number of nitro benzene ring substituents is 1. The summed E-state index contributed by atoms with van der Waals surface area (Å²) in [6.07, 6.45) is 1.33. The fourth-order valence-corrected chi connectivity index (χ4v) is 3.26. The Balaban J connectivity index is 2.11. The molecule has 30 heavy (non-hydrogen) atoms. The maximum atomic E-state index is 13.2.